The third-order valence-electron chi connectivity index (χ3n) is 4.18. The highest BCUT2D eigenvalue weighted by Crippen LogP contribution is 2.30. The Morgan fingerprint density at radius 1 is 1.27 bits per heavy atom. The lowest BCUT2D eigenvalue weighted by atomic mass is 10.2. The number of amides is 1. The number of hydrogen-bond donors (Lipinski definition) is 1. The van der Waals surface area contributed by atoms with Gasteiger partial charge in [0.05, 0.1) is 23.1 Å². The molecule has 2 aromatic rings. The van der Waals surface area contributed by atoms with Crippen molar-refractivity contribution in [2.75, 3.05) is 16.8 Å². The molecule has 1 N–H and O–H groups in total. The highest BCUT2D eigenvalue weighted by Gasteiger charge is 2.31. The van der Waals surface area contributed by atoms with Gasteiger partial charge in [0.25, 0.3) is 5.91 Å². The summed E-state index contributed by atoms with van der Waals surface area (Å²) in [6, 6.07) is 5.28. The van der Waals surface area contributed by atoms with E-state index in [9.17, 15) is 26.4 Å². The minimum Gasteiger partial charge on any atom is -0.321 e. The van der Waals surface area contributed by atoms with Gasteiger partial charge in [-0.15, -0.1) is 0 Å². The molecular weight excluding hydrogens is 371 g/mol. The molecule has 1 amide bonds. The molecule has 10 heteroatoms. The number of carbonyl (C=O) groups is 1. The number of rotatable bonds is 3. The van der Waals surface area contributed by atoms with Crippen molar-refractivity contribution in [3.05, 3.63) is 47.3 Å². The van der Waals surface area contributed by atoms with Crippen LogP contribution in [0.2, 0.25) is 0 Å². The van der Waals surface area contributed by atoms with E-state index in [1.807, 2.05) is 0 Å². The predicted octanol–water partition coefficient (Wildman–Crippen LogP) is 2.82. The van der Waals surface area contributed by atoms with Crippen molar-refractivity contribution < 1.29 is 26.4 Å². The number of alkyl halides is 3. The van der Waals surface area contributed by atoms with Gasteiger partial charge in [-0.2, -0.15) is 18.3 Å². The van der Waals surface area contributed by atoms with Gasteiger partial charge in [0.15, 0.2) is 15.5 Å². The Kier molecular flexibility index (Phi) is 4.55. The van der Waals surface area contributed by atoms with E-state index in [1.165, 1.54) is 10.7 Å². The number of halogens is 3. The SMILES string of the molecule is Cc1cc(C(=O)Nc2ccc(C(F)(F)F)cc2)nn1C1CCS(=O)(=O)C1. The van der Waals surface area contributed by atoms with Crippen LogP contribution in [-0.4, -0.2) is 35.6 Å². The van der Waals surface area contributed by atoms with Crippen LogP contribution in [0.5, 0.6) is 0 Å². The van der Waals surface area contributed by atoms with Crippen molar-refractivity contribution in [1.29, 1.82) is 0 Å². The van der Waals surface area contributed by atoms with Gasteiger partial charge in [-0.3, -0.25) is 9.48 Å². The van der Waals surface area contributed by atoms with Gasteiger partial charge in [0.1, 0.15) is 0 Å². The Morgan fingerprint density at radius 3 is 2.46 bits per heavy atom. The maximum atomic E-state index is 12.6. The number of benzene rings is 1. The Labute approximate surface area is 147 Å². The van der Waals surface area contributed by atoms with Crippen molar-refractivity contribution >= 4 is 21.4 Å². The lowest BCUT2D eigenvalue weighted by Crippen LogP contribution is -2.16. The fourth-order valence-electron chi connectivity index (χ4n) is 2.87. The molecule has 1 aromatic carbocycles. The molecule has 0 radical (unpaired) electrons. The van der Waals surface area contributed by atoms with Crippen LogP contribution in [0.4, 0.5) is 18.9 Å². The van der Waals surface area contributed by atoms with E-state index in [0.29, 0.717) is 12.1 Å². The summed E-state index contributed by atoms with van der Waals surface area (Å²) in [5.74, 6) is -0.507. The minimum atomic E-state index is -4.44. The van der Waals surface area contributed by atoms with E-state index in [1.54, 1.807) is 6.92 Å². The Hall–Kier alpha value is -2.36. The van der Waals surface area contributed by atoms with Gasteiger partial charge in [0.2, 0.25) is 0 Å². The molecule has 26 heavy (non-hydrogen) atoms. The van der Waals surface area contributed by atoms with Crippen LogP contribution in [0.3, 0.4) is 0 Å². The van der Waals surface area contributed by atoms with Gasteiger partial charge in [-0.1, -0.05) is 0 Å². The first-order valence-corrected chi connectivity index (χ1v) is 9.62. The fourth-order valence-corrected chi connectivity index (χ4v) is 4.57. The number of carbonyl (C=O) groups excluding carboxylic acids is 1. The second-order valence-corrected chi connectivity index (χ2v) is 8.43. The van der Waals surface area contributed by atoms with E-state index in [-0.39, 0.29) is 28.9 Å². The van der Waals surface area contributed by atoms with Crippen LogP contribution < -0.4 is 5.32 Å². The van der Waals surface area contributed by atoms with E-state index in [2.05, 4.69) is 10.4 Å². The number of hydrogen-bond acceptors (Lipinski definition) is 4. The first kappa shape index (κ1) is 18.4. The lowest BCUT2D eigenvalue weighted by molar-refractivity contribution is -0.137. The second kappa shape index (κ2) is 6.42. The van der Waals surface area contributed by atoms with Crippen molar-refractivity contribution in [2.24, 2.45) is 0 Å². The number of aryl methyl sites for hydroxylation is 1. The summed E-state index contributed by atoms with van der Waals surface area (Å²) in [6.07, 6.45) is -4.01. The molecule has 0 spiro atoms. The van der Waals surface area contributed by atoms with E-state index in [0.717, 1.165) is 24.3 Å². The smallest absolute Gasteiger partial charge is 0.321 e. The van der Waals surface area contributed by atoms with Crippen LogP contribution in [0.15, 0.2) is 30.3 Å². The normalized spacial score (nSPS) is 19.5. The van der Waals surface area contributed by atoms with E-state index < -0.39 is 27.5 Å². The predicted molar refractivity (Wildman–Crippen MR) is 88.7 cm³/mol. The topological polar surface area (TPSA) is 81.1 Å². The van der Waals surface area contributed by atoms with Crippen LogP contribution in [0, 0.1) is 6.92 Å². The summed E-state index contributed by atoms with van der Waals surface area (Å²) in [4.78, 5) is 12.3. The van der Waals surface area contributed by atoms with Crippen molar-refractivity contribution in [1.82, 2.24) is 9.78 Å². The van der Waals surface area contributed by atoms with Gasteiger partial charge in [0, 0.05) is 11.4 Å². The highest BCUT2D eigenvalue weighted by molar-refractivity contribution is 7.91. The zero-order valence-corrected chi connectivity index (χ0v) is 14.6. The molecule has 1 fully saturated rings. The minimum absolute atomic E-state index is 0.0184. The maximum absolute atomic E-state index is 12.6. The summed E-state index contributed by atoms with van der Waals surface area (Å²) in [6.45, 7) is 1.72. The molecule has 3 rings (SSSR count). The summed E-state index contributed by atoms with van der Waals surface area (Å²) in [5.41, 5.74) is 0.119. The summed E-state index contributed by atoms with van der Waals surface area (Å²) < 4.78 is 62.4. The number of aromatic nitrogens is 2. The number of anilines is 1. The van der Waals surface area contributed by atoms with Crippen LogP contribution in [0.1, 0.15) is 34.2 Å². The molecule has 1 unspecified atom stereocenters. The first-order valence-electron chi connectivity index (χ1n) is 7.80. The Morgan fingerprint density at radius 2 is 1.92 bits per heavy atom. The van der Waals surface area contributed by atoms with Gasteiger partial charge in [-0.25, -0.2) is 8.42 Å². The summed E-state index contributed by atoms with van der Waals surface area (Å²) in [5, 5.41) is 6.65. The van der Waals surface area contributed by atoms with Crippen LogP contribution in [-0.2, 0) is 16.0 Å². The lowest BCUT2D eigenvalue weighted by Gasteiger charge is -2.10. The number of sulfone groups is 1. The monoisotopic (exact) mass is 387 g/mol. The van der Waals surface area contributed by atoms with Crippen LogP contribution in [0.25, 0.3) is 0 Å². The molecule has 0 bridgehead atoms. The molecule has 1 aromatic heterocycles. The number of nitrogens with zero attached hydrogens (tertiary/aromatic N) is 2. The quantitative estimate of drug-likeness (QED) is 0.878. The molecule has 1 aliphatic rings. The Balaban J connectivity index is 1.74. The average Bonchev–Trinajstić information content (AvgIpc) is 3.09. The molecule has 0 saturated carbocycles. The molecule has 2 heterocycles. The van der Waals surface area contributed by atoms with Gasteiger partial charge < -0.3 is 5.32 Å². The van der Waals surface area contributed by atoms with Crippen molar-refractivity contribution in [3.8, 4) is 0 Å². The standard InChI is InChI=1S/C16H16F3N3O3S/c1-10-8-14(21-22(10)13-6-7-26(24,25)9-13)15(23)20-12-4-2-11(3-5-12)16(17,18)19/h2-5,8,13H,6-7,9H2,1H3,(H,20,23). The molecular formula is C16H16F3N3O3S. The van der Waals surface area contributed by atoms with E-state index >= 15 is 0 Å². The molecule has 0 aliphatic carbocycles. The molecule has 140 valence electrons. The third-order valence-corrected chi connectivity index (χ3v) is 5.93. The second-order valence-electron chi connectivity index (χ2n) is 6.20. The highest BCUT2D eigenvalue weighted by atomic mass is 32.2. The zero-order chi connectivity index (χ0) is 19.1. The van der Waals surface area contributed by atoms with Crippen molar-refractivity contribution in [2.45, 2.75) is 25.6 Å². The zero-order valence-electron chi connectivity index (χ0n) is 13.7. The van der Waals surface area contributed by atoms with Gasteiger partial charge in [-0.05, 0) is 43.7 Å². The van der Waals surface area contributed by atoms with Crippen molar-refractivity contribution in [3.63, 3.8) is 0 Å². The Bertz CT molecular complexity index is 934. The molecule has 1 saturated heterocycles. The molecule has 1 atom stereocenters. The summed E-state index contributed by atoms with van der Waals surface area (Å²) >= 11 is 0. The van der Waals surface area contributed by atoms with E-state index in [4.69, 9.17) is 0 Å². The first-order chi connectivity index (χ1) is 12.0. The summed E-state index contributed by atoms with van der Waals surface area (Å²) in [7, 11) is -3.09. The van der Waals surface area contributed by atoms with Gasteiger partial charge >= 0.3 is 6.18 Å². The third kappa shape index (κ3) is 3.90. The average molecular weight is 387 g/mol. The van der Waals surface area contributed by atoms with Crippen LogP contribution >= 0.6 is 0 Å². The molecule has 6 nitrogen and oxygen atoms in total. The largest absolute Gasteiger partial charge is 0.416 e. The number of nitrogens with one attached hydrogen (secondary N) is 1. The molecule has 1 aliphatic heterocycles. The fraction of sp³-hybridized carbons (Fsp3) is 0.375. The maximum Gasteiger partial charge on any atom is 0.416 e.